The second-order valence-corrected chi connectivity index (χ2v) is 5.53. The number of rotatable bonds is 2. The van der Waals surface area contributed by atoms with Crippen LogP contribution < -0.4 is 4.74 Å². The van der Waals surface area contributed by atoms with Gasteiger partial charge in [0.2, 0.25) is 5.88 Å². The molecule has 3 heterocycles. The number of carbonyl (C=O) groups excluding carboxylic acids is 1. The maximum Gasteiger partial charge on any atom is 0.255 e. The first kappa shape index (κ1) is 13.8. The minimum atomic E-state index is -0.0119. The molecule has 1 aliphatic heterocycles. The number of pyridine rings is 1. The summed E-state index contributed by atoms with van der Waals surface area (Å²) in [5.41, 5.74) is 3.44. The second kappa shape index (κ2) is 5.39. The largest absolute Gasteiger partial charge is 0.481 e. The molecule has 0 aliphatic carbocycles. The summed E-state index contributed by atoms with van der Waals surface area (Å²) in [6, 6.07) is 9.34. The van der Waals surface area contributed by atoms with Crippen LogP contribution >= 0.6 is 0 Å². The number of hydrogen-bond donors (Lipinski definition) is 1. The summed E-state index contributed by atoms with van der Waals surface area (Å²) >= 11 is 0. The number of aromatic amines is 1. The number of methoxy groups -OCH3 is 1. The number of carbonyl (C=O) groups is 1. The fourth-order valence-corrected chi connectivity index (χ4v) is 2.99. The highest BCUT2D eigenvalue weighted by Gasteiger charge is 2.25. The van der Waals surface area contributed by atoms with E-state index < -0.39 is 0 Å². The van der Waals surface area contributed by atoms with Crippen LogP contribution in [0, 0.1) is 0 Å². The number of ether oxygens (including phenoxy) is 1. The summed E-state index contributed by atoms with van der Waals surface area (Å²) < 4.78 is 5.25. The van der Waals surface area contributed by atoms with E-state index in [-0.39, 0.29) is 5.91 Å². The predicted octanol–water partition coefficient (Wildman–Crippen LogP) is 2.17. The highest BCUT2D eigenvalue weighted by atomic mass is 16.5. The van der Waals surface area contributed by atoms with Gasteiger partial charge in [-0.15, -0.1) is 0 Å². The van der Waals surface area contributed by atoms with Crippen molar-refractivity contribution in [2.24, 2.45) is 0 Å². The molecule has 0 radical (unpaired) electrons. The van der Waals surface area contributed by atoms with Gasteiger partial charge in [-0.25, -0.2) is 9.97 Å². The van der Waals surface area contributed by atoms with Gasteiger partial charge in [0.05, 0.1) is 42.4 Å². The number of nitrogens with zero attached hydrogens (tertiary/aromatic N) is 3. The Morgan fingerprint density at radius 1 is 1.35 bits per heavy atom. The first-order valence-electron chi connectivity index (χ1n) is 7.50. The van der Waals surface area contributed by atoms with E-state index in [0.717, 1.165) is 28.7 Å². The quantitative estimate of drug-likeness (QED) is 0.787. The molecule has 1 N–H and O–H groups in total. The van der Waals surface area contributed by atoms with E-state index in [2.05, 4.69) is 15.0 Å². The van der Waals surface area contributed by atoms with Crippen molar-refractivity contribution < 1.29 is 9.53 Å². The van der Waals surface area contributed by atoms with Gasteiger partial charge >= 0.3 is 0 Å². The predicted molar refractivity (Wildman–Crippen MR) is 85.3 cm³/mol. The molecule has 6 heteroatoms. The number of imidazole rings is 1. The summed E-state index contributed by atoms with van der Waals surface area (Å²) in [7, 11) is 1.56. The lowest BCUT2D eigenvalue weighted by atomic mass is 10.1. The van der Waals surface area contributed by atoms with Crippen LogP contribution in [0.3, 0.4) is 0 Å². The van der Waals surface area contributed by atoms with Crippen molar-refractivity contribution in [3.63, 3.8) is 0 Å². The van der Waals surface area contributed by atoms with E-state index in [1.807, 2.05) is 29.2 Å². The zero-order valence-electron chi connectivity index (χ0n) is 12.7. The molecule has 2 aromatic heterocycles. The molecule has 0 saturated heterocycles. The van der Waals surface area contributed by atoms with Crippen molar-refractivity contribution in [2.75, 3.05) is 13.7 Å². The summed E-state index contributed by atoms with van der Waals surface area (Å²) in [6.07, 6.45) is 2.45. The minimum absolute atomic E-state index is 0.0119. The first-order chi connectivity index (χ1) is 11.3. The van der Waals surface area contributed by atoms with Gasteiger partial charge in [0.25, 0.3) is 5.91 Å². The molecule has 4 rings (SSSR count). The second-order valence-electron chi connectivity index (χ2n) is 5.53. The first-order valence-corrected chi connectivity index (χ1v) is 7.50. The van der Waals surface area contributed by atoms with Gasteiger partial charge in [-0.3, -0.25) is 4.79 Å². The third kappa shape index (κ3) is 2.32. The van der Waals surface area contributed by atoms with E-state index in [1.165, 1.54) is 0 Å². The molecule has 1 aliphatic rings. The molecule has 0 atom stereocenters. The number of hydrogen-bond acceptors (Lipinski definition) is 4. The lowest BCUT2D eigenvalue weighted by molar-refractivity contribution is 0.0733. The maximum absolute atomic E-state index is 13.0. The van der Waals surface area contributed by atoms with Crippen molar-refractivity contribution >= 4 is 16.8 Å². The third-order valence-electron chi connectivity index (χ3n) is 4.19. The lowest BCUT2D eigenvalue weighted by Crippen LogP contribution is -2.36. The van der Waals surface area contributed by atoms with Crippen LogP contribution in [-0.2, 0) is 13.0 Å². The van der Waals surface area contributed by atoms with E-state index in [0.29, 0.717) is 24.5 Å². The molecule has 1 aromatic carbocycles. The molecular weight excluding hydrogens is 292 g/mol. The molecule has 0 spiro atoms. The summed E-state index contributed by atoms with van der Waals surface area (Å²) in [4.78, 5) is 26.6. The number of aromatic nitrogens is 3. The molecule has 0 bridgehead atoms. The molecule has 0 fully saturated rings. The number of para-hydroxylation sites is 1. The Morgan fingerprint density at radius 2 is 2.22 bits per heavy atom. The van der Waals surface area contributed by atoms with Gasteiger partial charge in [-0.2, -0.15) is 0 Å². The van der Waals surface area contributed by atoms with Gasteiger partial charge in [-0.1, -0.05) is 18.2 Å². The molecule has 0 unspecified atom stereocenters. The number of benzene rings is 1. The molecule has 0 saturated carbocycles. The van der Waals surface area contributed by atoms with E-state index in [1.54, 1.807) is 19.5 Å². The monoisotopic (exact) mass is 308 g/mol. The molecular formula is C17H16N4O2. The Balaban J connectivity index is 1.75. The Labute approximate surface area is 133 Å². The fourth-order valence-electron chi connectivity index (χ4n) is 2.99. The highest BCUT2D eigenvalue weighted by molar-refractivity contribution is 6.06. The number of nitrogens with one attached hydrogen (secondary N) is 1. The average Bonchev–Trinajstić information content (AvgIpc) is 3.07. The Hall–Kier alpha value is -2.89. The van der Waals surface area contributed by atoms with Gasteiger partial charge < -0.3 is 14.6 Å². The SMILES string of the molecule is COc1cc(C(=O)N2CCc3nc[nH]c3C2)c2ccccc2n1. The minimum Gasteiger partial charge on any atom is -0.481 e. The van der Waals surface area contributed by atoms with E-state index in [9.17, 15) is 4.79 Å². The van der Waals surface area contributed by atoms with Crippen LogP contribution in [0.4, 0.5) is 0 Å². The zero-order chi connectivity index (χ0) is 15.8. The smallest absolute Gasteiger partial charge is 0.255 e. The van der Waals surface area contributed by atoms with Crippen molar-refractivity contribution in [1.82, 2.24) is 19.9 Å². The molecule has 23 heavy (non-hydrogen) atoms. The van der Waals surface area contributed by atoms with Crippen LogP contribution in [0.5, 0.6) is 5.88 Å². The van der Waals surface area contributed by atoms with Gasteiger partial charge in [0, 0.05) is 24.4 Å². The number of fused-ring (bicyclic) bond motifs is 2. The Kier molecular flexibility index (Phi) is 3.22. The van der Waals surface area contributed by atoms with Gasteiger partial charge in [-0.05, 0) is 6.07 Å². The third-order valence-corrected chi connectivity index (χ3v) is 4.19. The maximum atomic E-state index is 13.0. The average molecular weight is 308 g/mol. The van der Waals surface area contributed by atoms with Gasteiger partial charge in [0.15, 0.2) is 0 Å². The van der Waals surface area contributed by atoms with Crippen molar-refractivity contribution in [3.8, 4) is 5.88 Å². The van der Waals surface area contributed by atoms with Crippen LogP contribution in [0.15, 0.2) is 36.7 Å². The van der Waals surface area contributed by atoms with Crippen LogP contribution in [0.1, 0.15) is 21.7 Å². The molecule has 3 aromatic rings. The molecule has 116 valence electrons. The van der Waals surface area contributed by atoms with Gasteiger partial charge in [0.1, 0.15) is 0 Å². The summed E-state index contributed by atoms with van der Waals surface area (Å²) in [6.45, 7) is 1.21. The summed E-state index contributed by atoms with van der Waals surface area (Å²) in [5.74, 6) is 0.438. The normalized spacial score (nSPS) is 13.9. The number of H-pyrrole nitrogens is 1. The van der Waals surface area contributed by atoms with Crippen LogP contribution in [0.25, 0.3) is 10.9 Å². The summed E-state index contributed by atoms with van der Waals surface area (Å²) in [5, 5.41) is 0.841. The van der Waals surface area contributed by atoms with Crippen molar-refractivity contribution in [1.29, 1.82) is 0 Å². The highest BCUT2D eigenvalue weighted by Crippen LogP contribution is 2.25. The Bertz CT molecular complexity index is 887. The molecule has 1 amide bonds. The van der Waals surface area contributed by atoms with Crippen LogP contribution in [-0.4, -0.2) is 39.4 Å². The van der Waals surface area contributed by atoms with E-state index in [4.69, 9.17) is 4.74 Å². The standard InChI is InChI=1S/C17H16N4O2/c1-23-16-8-12(11-4-2-3-5-13(11)20-16)17(22)21-7-6-14-15(9-21)19-10-18-14/h2-5,8,10H,6-7,9H2,1H3,(H,18,19). The van der Waals surface area contributed by atoms with Crippen molar-refractivity contribution in [2.45, 2.75) is 13.0 Å². The topological polar surface area (TPSA) is 71.1 Å². The molecule has 6 nitrogen and oxygen atoms in total. The van der Waals surface area contributed by atoms with E-state index >= 15 is 0 Å². The van der Waals surface area contributed by atoms with Crippen LogP contribution in [0.2, 0.25) is 0 Å². The lowest BCUT2D eigenvalue weighted by Gasteiger charge is -2.26. The number of amides is 1. The fraction of sp³-hybridized carbons (Fsp3) is 0.235. The Morgan fingerprint density at radius 3 is 3.09 bits per heavy atom. The zero-order valence-corrected chi connectivity index (χ0v) is 12.7. The van der Waals surface area contributed by atoms with Crippen molar-refractivity contribution in [3.05, 3.63) is 53.6 Å².